The van der Waals surface area contributed by atoms with Gasteiger partial charge in [0.15, 0.2) is 5.76 Å². The molecule has 0 radical (unpaired) electrons. The lowest BCUT2D eigenvalue weighted by molar-refractivity contribution is -0.132. The monoisotopic (exact) mass is 304 g/mol. The summed E-state index contributed by atoms with van der Waals surface area (Å²) >= 11 is 1.74. The Hall–Kier alpha value is -2.08. The van der Waals surface area contributed by atoms with Crippen LogP contribution < -0.4 is 5.32 Å². The van der Waals surface area contributed by atoms with Crippen LogP contribution in [0.2, 0.25) is 0 Å². The van der Waals surface area contributed by atoms with Crippen LogP contribution >= 0.6 is 11.3 Å². The molecule has 2 aromatic heterocycles. The zero-order chi connectivity index (χ0) is 14.8. The molecule has 1 atom stereocenters. The van der Waals surface area contributed by atoms with Gasteiger partial charge in [0.05, 0.1) is 18.8 Å². The van der Waals surface area contributed by atoms with Crippen LogP contribution in [0.3, 0.4) is 0 Å². The highest BCUT2D eigenvalue weighted by Gasteiger charge is 2.28. The van der Waals surface area contributed by atoms with Crippen LogP contribution in [0.4, 0.5) is 0 Å². The minimum absolute atomic E-state index is 0.0106. The molecular weight excluding hydrogens is 288 g/mol. The highest BCUT2D eigenvalue weighted by atomic mass is 32.1. The van der Waals surface area contributed by atoms with E-state index in [1.54, 1.807) is 23.5 Å². The highest BCUT2D eigenvalue weighted by molar-refractivity contribution is 7.10. The van der Waals surface area contributed by atoms with Gasteiger partial charge in [-0.15, -0.1) is 11.3 Å². The summed E-state index contributed by atoms with van der Waals surface area (Å²) in [7, 11) is 0. The lowest BCUT2D eigenvalue weighted by Gasteiger charge is -2.33. The Balaban J connectivity index is 1.60. The molecule has 0 aliphatic carbocycles. The standard InChI is InChI=1S/C15H16N2O3S/c1-10-11-5-8-21-13(11)4-6-17(10)14(18)9-16-15(19)12-3-2-7-20-12/h2-3,5,7-8,10H,4,6,9H2,1H3,(H,16,19)/t10-/m0/s1. The minimum Gasteiger partial charge on any atom is -0.459 e. The zero-order valence-electron chi connectivity index (χ0n) is 11.7. The van der Waals surface area contributed by atoms with Crippen LogP contribution in [0.5, 0.6) is 0 Å². The lowest BCUT2D eigenvalue weighted by atomic mass is 10.0. The van der Waals surface area contributed by atoms with E-state index in [0.717, 1.165) is 6.42 Å². The van der Waals surface area contributed by atoms with Crippen molar-refractivity contribution in [2.24, 2.45) is 0 Å². The van der Waals surface area contributed by atoms with Crippen molar-refractivity contribution in [1.29, 1.82) is 0 Å². The van der Waals surface area contributed by atoms with E-state index in [0.29, 0.717) is 6.54 Å². The van der Waals surface area contributed by atoms with Crippen molar-refractivity contribution in [3.8, 4) is 0 Å². The summed E-state index contributed by atoms with van der Waals surface area (Å²) in [6.45, 7) is 2.71. The van der Waals surface area contributed by atoms with E-state index in [9.17, 15) is 9.59 Å². The van der Waals surface area contributed by atoms with Gasteiger partial charge >= 0.3 is 0 Å². The van der Waals surface area contributed by atoms with Crippen molar-refractivity contribution in [2.75, 3.05) is 13.1 Å². The van der Waals surface area contributed by atoms with Crippen LogP contribution in [0.25, 0.3) is 0 Å². The van der Waals surface area contributed by atoms with Crippen molar-refractivity contribution in [3.63, 3.8) is 0 Å². The van der Waals surface area contributed by atoms with Gasteiger partial charge < -0.3 is 14.6 Å². The van der Waals surface area contributed by atoms with E-state index in [1.165, 1.54) is 16.7 Å². The van der Waals surface area contributed by atoms with Gasteiger partial charge in [-0.1, -0.05) is 0 Å². The third-order valence-corrected chi connectivity index (χ3v) is 4.74. The average molecular weight is 304 g/mol. The maximum absolute atomic E-state index is 12.3. The van der Waals surface area contributed by atoms with E-state index < -0.39 is 0 Å². The molecule has 3 rings (SSSR count). The molecule has 0 fully saturated rings. The summed E-state index contributed by atoms with van der Waals surface area (Å²) in [6.07, 6.45) is 2.32. The van der Waals surface area contributed by atoms with Crippen LogP contribution in [0.15, 0.2) is 34.3 Å². The fourth-order valence-electron chi connectivity index (χ4n) is 2.60. The maximum Gasteiger partial charge on any atom is 0.287 e. The van der Waals surface area contributed by atoms with Gasteiger partial charge in [0.25, 0.3) is 5.91 Å². The molecule has 2 amide bonds. The molecule has 1 aliphatic heterocycles. The van der Waals surface area contributed by atoms with Gasteiger partial charge in [-0.25, -0.2) is 0 Å². The van der Waals surface area contributed by atoms with Gasteiger partial charge in [-0.3, -0.25) is 9.59 Å². The predicted molar refractivity (Wildman–Crippen MR) is 79.2 cm³/mol. The quantitative estimate of drug-likeness (QED) is 0.945. The second-order valence-corrected chi connectivity index (χ2v) is 5.97. The maximum atomic E-state index is 12.3. The van der Waals surface area contributed by atoms with Crippen LogP contribution in [0.1, 0.15) is 34.0 Å². The lowest BCUT2D eigenvalue weighted by Crippen LogP contribution is -2.44. The normalized spacial score (nSPS) is 17.4. The van der Waals surface area contributed by atoms with Gasteiger partial charge in [0.1, 0.15) is 0 Å². The first-order valence-electron chi connectivity index (χ1n) is 6.84. The van der Waals surface area contributed by atoms with Crippen molar-refractivity contribution in [3.05, 3.63) is 46.0 Å². The number of amides is 2. The molecule has 0 saturated heterocycles. The number of carbonyl (C=O) groups is 2. The molecule has 1 N–H and O–H groups in total. The predicted octanol–water partition coefficient (Wildman–Crippen LogP) is 2.22. The summed E-state index contributed by atoms with van der Waals surface area (Å²) in [6, 6.07) is 5.35. The first-order valence-corrected chi connectivity index (χ1v) is 7.72. The van der Waals surface area contributed by atoms with E-state index in [1.807, 2.05) is 11.8 Å². The summed E-state index contributed by atoms with van der Waals surface area (Å²) in [5.41, 5.74) is 1.22. The molecular formula is C15H16N2O3S. The number of thiophene rings is 1. The first-order chi connectivity index (χ1) is 10.2. The molecule has 5 nitrogen and oxygen atoms in total. The van der Waals surface area contributed by atoms with Crippen molar-refractivity contribution in [2.45, 2.75) is 19.4 Å². The van der Waals surface area contributed by atoms with E-state index >= 15 is 0 Å². The molecule has 3 heterocycles. The Morgan fingerprint density at radius 1 is 1.48 bits per heavy atom. The molecule has 0 spiro atoms. The molecule has 0 unspecified atom stereocenters. The molecule has 0 bridgehead atoms. The first kappa shape index (κ1) is 13.9. The smallest absolute Gasteiger partial charge is 0.287 e. The van der Waals surface area contributed by atoms with E-state index in [4.69, 9.17) is 4.42 Å². The van der Waals surface area contributed by atoms with Crippen LogP contribution in [-0.4, -0.2) is 29.8 Å². The topological polar surface area (TPSA) is 62.6 Å². The summed E-state index contributed by atoms with van der Waals surface area (Å²) in [5.74, 6) is -0.219. The number of furan rings is 1. The summed E-state index contributed by atoms with van der Waals surface area (Å²) in [5, 5.41) is 4.66. The van der Waals surface area contributed by atoms with Gasteiger partial charge in [-0.05, 0) is 42.5 Å². The Morgan fingerprint density at radius 2 is 2.33 bits per heavy atom. The molecule has 0 saturated carbocycles. The van der Waals surface area contributed by atoms with Crippen LogP contribution in [0, 0.1) is 0 Å². The average Bonchev–Trinajstić information content (AvgIpc) is 3.15. The largest absolute Gasteiger partial charge is 0.459 e. The fourth-order valence-corrected chi connectivity index (χ4v) is 3.57. The van der Waals surface area contributed by atoms with Gasteiger partial charge in [0, 0.05) is 11.4 Å². The van der Waals surface area contributed by atoms with E-state index in [2.05, 4.69) is 16.8 Å². The number of hydrogen-bond donors (Lipinski definition) is 1. The second kappa shape index (κ2) is 5.73. The number of nitrogens with one attached hydrogen (secondary N) is 1. The van der Waals surface area contributed by atoms with Crippen LogP contribution in [-0.2, 0) is 11.2 Å². The molecule has 1 aliphatic rings. The van der Waals surface area contributed by atoms with E-state index in [-0.39, 0.29) is 30.2 Å². The minimum atomic E-state index is -0.366. The van der Waals surface area contributed by atoms with Crippen molar-refractivity contribution < 1.29 is 14.0 Å². The number of hydrogen-bond acceptors (Lipinski definition) is 4. The number of carbonyl (C=O) groups excluding carboxylic acids is 2. The Kier molecular flexibility index (Phi) is 3.79. The Bertz CT molecular complexity index is 648. The fraction of sp³-hybridized carbons (Fsp3) is 0.333. The molecule has 21 heavy (non-hydrogen) atoms. The van der Waals surface area contributed by atoms with Gasteiger partial charge in [-0.2, -0.15) is 0 Å². The molecule has 6 heteroatoms. The SMILES string of the molecule is C[C@H]1c2ccsc2CCN1C(=O)CNC(=O)c1ccco1. The van der Waals surface area contributed by atoms with Gasteiger partial charge in [0.2, 0.25) is 5.91 Å². The number of rotatable bonds is 3. The highest BCUT2D eigenvalue weighted by Crippen LogP contribution is 2.32. The zero-order valence-corrected chi connectivity index (χ0v) is 12.5. The Labute approximate surface area is 126 Å². The number of nitrogens with zero attached hydrogens (tertiary/aromatic N) is 1. The molecule has 110 valence electrons. The van der Waals surface area contributed by atoms with Crippen molar-refractivity contribution >= 4 is 23.2 Å². The molecule has 0 aromatic carbocycles. The Morgan fingerprint density at radius 3 is 3.10 bits per heavy atom. The second-order valence-electron chi connectivity index (χ2n) is 4.97. The third-order valence-electron chi connectivity index (χ3n) is 3.74. The third kappa shape index (κ3) is 2.71. The summed E-state index contributed by atoms with van der Waals surface area (Å²) < 4.78 is 4.99. The summed E-state index contributed by atoms with van der Waals surface area (Å²) in [4.78, 5) is 27.2. The molecule has 2 aromatic rings. The number of fused-ring (bicyclic) bond motifs is 1. The van der Waals surface area contributed by atoms with Crippen molar-refractivity contribution in [1.82, 2.24) is 10.2 Å².